The van der Waals surface area contributed by atoms with Crippen molar-refractivity contribution in [2.45, 2.75) is 6.92 Å². The summed E-state index contributed by atoms with van der Waals surface area (Å²) in [5, 5.41) is 0. The minimum Gasteiger partial charge on any atom is -0.446 e. The van der Waals surface area contributed by atoms with E-state index in [1.807, 2.05) is 0 Å². The Morgan fingerprint density at radius 3 is 2.55 bits per heavy atom. The molecule has 0 heterocycles. The third-order valence-corrected chi connectivity index (χ3v) is 1.46. The van der Waals surface area contributed by atoms with Gasteiger partial charge in [0, 0.05) is 6.92 Å². The second-order valence-corrected chi connectivity index (χ2v) is 3.12. The molecule has 0 aromatic rings. The van der Waals surface area contributed by atoms with Gasteiger partial charge in [0.15, 0.2) is 0 Å². The summed E-state index contributed by atoms with van der Waals surface area (Å²) < 4.78 is 29.3. The summed E-state index contributed by atoms with van der Waals surface area (Å²) >= 11 is 0. The Morgan fingerprint density at radius 1 is 1.64 bits per heavy atom. The van der Waals surface area contributed by atoms with Crippen LogP contribution in [-0.4, -0.2) is 20.3 Å². The Labute approximate surface area is 64.7 Å². The van der Waals surface area contributed by atoms with Crippen LogP contribution in [0.2, 0.25) is 0 Å². The van der Waals surface area contributed by atoms with E-state index >= 15 is 0 Å². The molecule has 5 nitrogen and oxygen atoms in total. The van der Waals surface area contributed by atoms with Gasteiger partial charge in [-0.2, -0.15) is 8.42 Å². The summed E-state index contributed by atoms with van der Waals surface area (Å²) in [4.78, 5) is 10.1. The highest BCUT2D eigenvalue weighted by Crippen LogP contribution is 1.93. The molecule has 0 aromatic heterocycles. The molecule has 0 bridgehead atoms. The molecule has 6 heteroatoms. The second kappa shape index (κ2) is 3.97. The fourth-order valence-corrected chi connectivity index (χ4v) is 0.860. The number of ether oxygens (including phenoxy) is 1. The Balaban J connectivity index is 3.93. The van der Waals surface area contributed by atoms with Crippen LogP contribution in [-0.2, 0) is 23.8 Å². The van der Waals surface area contributed by atoms with Crippen LogP contribution in [0.4, 0.5) is 0 Å². The van der Waals surface area contributed by atoms with Crippen molar-refractivity contribution in [3.63, 3.8) is 0 Å². The molecule has 0 amide bonds. The molecule has 11 heavy (non-hydrogen) atoms. The third kappa shape index (κ3) is 5.41. The normalized spacial score (nSPS) is 10.3. The van der Waals surface area contributed by atoms with E-state index in [0.717, 1.165) is 13.2 Å². The summed E-state index contributed by atoms with van der Waals surface area (Å²) in [6, 6.07) is 0. The van der Waals surface area contributed by atoms with Crippen LogP contribution >= 0.6 is 0 Å². The molecule has 0 N–H and O–H groups in total. The van der Waals surface area contributed by atoms with Gasteiger partial charge in [0.05, 0.1) is 6.26 Å². The van der Waals surface area contributed by atoms with Crippen molar-refractivity contribution in [2.24, 2.45) is 0 Å². The van der Waals surface area contributed by atoms with Crippen LogP contribution in [0.25, 0.3) is 0 Å². The lowest BCUT2D eigenvalue weighted by Crippen LogP contribution is -2.12. The van der Waals surface area contributed by atoms with Crippen molar-refractivity contribution >= 4 is 16.1 Å². The predicted molar refractivity (Wildman–Crippen MR) is 36.8 cm³/mol. The van der Waals surface area contributed by atoms with Gasteiger partial charge in [-0.05, 0) is 0 Å². The molecule has 0 aliphatic rings. The highest BCUT2D eigenvalue weighted by Gasteiger charge is 2.10. The minimum absolute atomic E-state index is 0.679. The fourth-order valence-electron chi connectivity index (χ4n) is 0.287. The van der Waals surface area contributed by atoms with Crippen molar-refractivity contribution in [3.05, 3.63) is 12.8 Å². The number of esters is 1. The highest BCUT2D eigenvalue weighted by atomic mass is 32.2. The molecule has 0 spiro atoms. The molecule has 0 radical (unpaired) electrons. The molecule has 0 saturated carbocycles. The van der Waals surface area contributed by atoms with Crippen molar-refractivity contribution < 1.29 is 22.1 Å². The Bertz CT molecular complexity index is 240. The number of hydrogen-bond donors (Lipinski definition) is 0. The molecule has 0 aliphatic carbocycles. The smallest absolute Gasteiger partial charge is 0.344 e. The van der Waals surface area contributed by atoms with E-state index < -0.39 is 22.0 Å². The number of hydrogen-bond acceptors (Lipinski definition) is 5. The van der Waals surface area contributed by atoms with E-state index in [9.17, 15) is 13.2 Å². The largest absolute Gasteiger partial charge is 0.446 e. The number of rotatable bonds is 4. The summed E-state index contributed by atoms with van der Waals surface area (Å²) in [6.45, 7) is 4.13. The lowest BCUT2D eigenvalue weighted by atomic mass is 10.8. The quantitative estimate of drug-likeness (QED) is 0.346. The van der Waals surface area contributed by atoms with Crippen molar-refractivity contribution in [1.29, 1.82) is 0 Å². The molecule has 64 valence electrons. The third-order valence-electron chi connectivity index (χ3n) is 0.621. The van der Waals surface area contributed by atoms with Crippen LogP contribution in [0, 0.1) is 0 Å². The maximum atomic E-state index is 10.6. The average molecular weight is 180 g/mol. The van der Waals surface area contributed by atoms with Crippen LogP contribution in [0.15, 0.2) is 12.8 Å². The zero-order chi connectivity index (χ0) is 8.91. The molecule has 0 fully saturated rings. The number of carbonyl (C=O) groups excluding carboxylic acids is 1. The Hall–Kier alpha value is -1.04. The van der Waals surface area contributed by atoms with Crippen molar-refractivity contribution in [2.75, 3.05) is 5.94 Å². The van der Waals surface area contributed by atoms with Gasteiger partial charge in [0.2, 0.25) is 5.94 Å². The Morgan fingerprint density at radius 2 is 2.18 bits per heavy atom. The van der Waals surface area contributed by atoms with E-state index in [-0.39, 0.29) is 0 Å². The highest BCUT2D eigenvalue weighted by molar-refractivity contribution is 7.86. The van der Waals surface area contributed by atoms with E-state index in [0.29, 0.717) is 0 Å². The topological polar surface area (TPSA) is 69.7 Å². The summed E-state index contributed by atoms with van der Waals surface area (Å²) in [5.41, 5.74) is 0. The van der Waals surface area contributed by atoms with Gasteiger partial charge < -0.3 is 8.92 Å². The Kier molecular flexibility index (Phi) is 3.59. The second-order valence-electron chi connectivity index (χ2n) is 1.57. The van der Waals surface area contributed by atoms with E-state index in [2.05, 4.69) is 15.5 Å². The molecular weight excluding hydrogens is 172 g/mol. The van der Waals surface area contributed by atoms with Gasteiger partial charge in [-0.15, -0.1) is 0 Å². The summed E-state index contributed by atoms with van der Waals surface area (Å²) in [7, 11) is -3.79. The van der Waals surface area contributed by atoms with Gasteiger partial charge >= 0.3 is 16.1 Å². The first kappa shape index (κ1) is 9.96. The first-order chi connectivity index (χ1) is 4.98. The van der Waals surface area contributed by atoms with Crippen LogP contribution in [0.3, 0.4) is 0 Å². The molecule has 0 atom stereocenters. The van der Waals surface area contributed by atoms with Gasteiger partial charge in [-0.3, -0.25) is 4.79 Å². The average Bonchev–Trinajstić information content (AvgIpc) is 1.84. The van der Waals surface area contributed by atoms with E-state index in [1.165, 1.54) is 0 Å². The van der Waals surface area contributed by atoms with E-state index in [4.69, 9.17) is 0 Å². The monoisotopic (exact) mass is 180 g/mol. The zero-order valence-corrected chi connectivity index (χ0v) is 6.76. The lowest BCUT2D eigenvalue weighted by Gasteiger charge is -2.01. The molecule has 0 unspecified atom stereocenters. The first-order valence-corrected chi connectivity index (χ1v) is 4.21. The van der Waals surface area contributed by atoms with Crippen LogP contribution in [0.5, 0.6) is 0 Å². The van der Waals surface area contributed by atoms with Crippen LogP contribution < -0.4 is 0 Å². The fraction of sp³-hybridized carbons (Fsp3) is 0.400. The SMILES string of the molecule is C=COS(=O)(=O)COC(C)=O. The minimum atomic E-state index is -3.79. The summed E-state index contributed by atoms with van der Waals surface area (Å²) in [5.74, 6) is -1.46. The molecule has 0 aliphatic heterocycles. The molecule has 0 aromatic carbocycles. The van der Waals surface area contributed by atoms with Crippen LogP contribution in [0.1, 0.15) is 6.92 Å². The number of carbonyl (C=O) groups is 1. The maximum absolute atomic E-state index is 10.6. The predicted octanol–water partition coefficient (Wildman–Crippen LogP) is -0.00310. The van der Waals surface area contributed by atoms with Crippen molar-refractivity contribution in [1.82, 2.24) is 0 Å². The van der Waals surface area contributed by atoms with Crippen molar-refractivity contribution in [3.8, 4) is 0 Å². The van der Waals surface area contributed by atoms with Gasteiger partial charge in [-0.1, -0.05) is 6.58 Å². The lowest BCUT2D eigenvalue weighted by molar-refractivity contribution is -0.139. The molecular formula is C5H8O5S. The van der Waals surface area contributed by atoms with Gasteiger partial charge in [0.1, 0.15) is 0 Å². The zero-order valence-electron chi connectivity index (χ0n) is 5.94. The van der Waals surface area contributed by atoms with E-state index in [1.54, 1.807) is 0 Å². The molecule has 0 saturated heterocycles. The standard InChI is InChI=1S/C5H8O5S/c1-3-10-11(7,8)4-9-5(2)6/h3H,1,4H2,2H3. The molecule has 0 rings (SSSR count). The summed E-state index contributed by atoms with van der Waals surface area (Å²) in [6.07, 6.45) is 0.749. The first-order valence-electron chi connectivity index (χ1n) is 2.63. The van der Waals surface area contributed by atoms with Gasteiger partial charge in [0.25, 0.3) is 0 Å². The maximum Gasteiger partial charge on any atom is 0.344 e. The van der Waals surface area contributed by atoms with Gasteiger partial charge in [-0.25, -0.2) is 0 Å².